The molecule has 0 aliphatic carbocycles. The van der Waals surface area contributed by atoms with Crippen molar-refractivity contribution in [1.29, 1.82) is 0 Å². The number of aryl methyl sites for hydroxylation is 1. The van der Waals surface area contributed by atoms with E-state index in [2.05, 4.69) is 18.7 Å². The minimum absolute atomic E-state index is 0.195. The van der Waals surface area contributed by atoms with E-state index >= 15 is 0 Å². The van der Waals surface area contributed by atoms with Crippen LogP contribution in [0.4, 0.5) is 0 Å². The van der Waals surface area contributed by atoms with E-state index in [0.717, 1.165) is 41.0 Å². The minimum atomic E-state index is -0.314. The smallest absolute Gasteiger partial charge is 0.336 e. The highest BCUT2D eigenvalue weighted by Gasteiger charge is 2.23. The molecule has 3 rings (SSSR count). The second-order valence-electron chi connectivity index (χ2n) is 6.34. The van der Waals surface area contributed by atoms with Crippen LogP contribution in [-0.2, 0) is 17.7 Å². The number of halogens is 1. The monoisotopic (exact) mass is 335 g/mol. The minimum Gasteiger partial charge on any atom is -0.423 e. The fourth-order valence-electron chi connectivity index (χ4n) is 3.34. The standard InChI is InChI=1S/C18H22ClNO3/c1-4-13-5-17-15(7-16(13)19)14(6-18(21)23-17)10-20-8-11(2)22-12(3)9-20/h5-7,11-12H,4,8-10H2,1-3H3. The van der Waals surface area contributed by atoms with Crippen molar-refractivity contribution in [1.82, 2.24) is 4.90 Å². The van der Waals surface area contributed by atoms with Gasteiger partial charge in [-0.1, -0.05) is 18.5 Å². The predicted octanol–water partition coefficient (Wildman–Crippen LogP) is 3.62. The highest BCUT2D eigenvalue weighted by molar-refractivity contribution is 6.32. The largest absolute Gasteiger partial charge is 0.423 e. The maximum Gasteiger partial charge on any atom is 0.336 e. The van der Waals surface area contributed by atoms with Crippen LogP contribution in [0, 0.1) is 0 Å². The molecule has 0 amide bonds. The van der Waals surface area contributed by atoms with Crippen LogP contribution in [0.25, 0.3) is 11.0 Å². The Morgan fingerprint density at radius 3 is 2.52 bits per heavy atom. The van der Waals surface area contributed by atoms with Gasteiger partial charge in [-0.3, -0.25) is 4.90 Å². The summed E-state index contributed by atoms with van der Waals surface area (Å²) in [7, 11) is 0. The van der Waals surface area contributed by atoms with Gasteiger partial charge in [0.15, 0.2) is 0 Å². The number of nitrogens with zero attached hydrogens (tertiary/aromatic N) is 1. The first-order chi connectivity index (χ1) is 11.0. The Hall–Kier alpha value is -1.36. The first kappa shape index (κ1) is 16.5. The summed E-state index contributed by atoms with van der Waals surface area (Å²) in [5, 5.41) is 1.64. The average Bonchev–Trinajstić information content (AvgIpc) is 2.46. The number of benzene rings is 1. The molecular weight excluding hydrogens is 314 g/mol. The molecule has 2 unspecified atom stereocenters. The Morgan fingerprint density at radius 1 is 1.17 bits per heavy atom. The van der Waals surface area contributed by atoms with Crippen molar-refractivity contribution < 1.29 is 9.15 Å². The molecule has 0 N–H and O–H groups in total. The van der Waals surface area contributed by atoms with Gasteiger partial charge in [0.1, 0.15) is 5.58 Å². The summed E-state index contributed by atoms with van der Waals surface area (Å²) in [5.41, 5.74) is 2.25. The van der Waals surface area contributed by atoms with Crippen LogP contribution in [0.3, 0.4) is 0 Å². The lowest BCUT2D eigenvalue weighted by molar-refractivity contribution is -0.0704. The van der Waals surface area contributed by atoms with Crippen LogP contribution < -0.4 is 5.63 Å². The first-order valence-corrected chi connectivity index (χ1v) is 8.47. The van der Waals surface area contributed by atoms with Gasteiger partial charge >= 0.3 is 5.63 Å². The SMILES string of the molecule is CCc1cc2oc(=O)cc(CN3CC(C)OC(C)C3)c2cc1Cl. The molecule has 4 nitrogen and oxygen atoms in total. The van der Waals surface area contributed by atoms with Crippen LogP contribution in [0.5, 0.6) is 0 Å². The van der Waals surface area contributed by atoms with E-state index in [9.17, 15) is 4.79 Å². The van der Waals surface area contributed by atoms with E-state index in [1.54, 1.807) is 6.07 Å². The summed E-state index contributed by atoms with van der Waals surface area (Å²) in [6, 6.07) is 5.38. The molecule has 1 saturated heterocycles. The third kappa shape index (κ3) is 3.60. The molecule has 1 aliphatic rings. The number of ether oxygens (including phenoxy) is 1. The van der Waals surface area contributed by atoms with E-state index in [0.29, 0.717) is 12.1 Å². The number of morpholine rings is 1. The third-order valence-electron chi connectivity index (χ3n) is 4.27. The molecule has 23 heavy (non-hydrogen) atoms. The first-order valence-electron chi connectivity index (χ1n) is 8.09. The normalized spacial score (nSPS) is 22.6. The lowest BCUT2D eigenvalue weighted by atomic mass is 10.1. The fourth-order valence-corrected chi connectivity index (χ4v) is 3.64. The summed E-state index contributed by atoms with van der Waals surface area (Å²) in [6.45, 7) is 8.59. The van der Waals surface area contributed by atoms with Crippen molar-refractivity contribution in [2.75, 3.05) is 13.1 Å². The van der Waals surface area contributed by atoms with E-state index in [1.807, 2.05) is 19.1 Å². The van der Waals surface area contributed by atoms with Crippen molar-refractivity contribution in [3.63, 3.8) is 0 Å². The van der Waals surface area contributed by atoms with Gasteiger partial charge in [-0.2, -0.15) is 0 Å². The molecule has 1 aromatic heterocycles. The number of fused-ring (bicyclic) bond motifs is 1. The van der Waals surface area contributed by atoms with Gasteiger partial charge in [0.2, 0.25) is 0 Å². The lowest BCUT2D eigenvalue weighted by Gasteiger charge is -2.35. The molecule has 124 valence electrons. The Balaban J connectivity index is 1.99. The second kappa shape index (κ2) is 6.63. The number of hydrogen-bond donors (Lipinski definition) is 0. The van der Waals surface area contributed by atoms with E-state index in [1.165, 1.54) is 0 Å². The molecule has 2 atom stereocenters. The van der Waals surface area contributed by atoms with E-state index < -0.39 is 0 Å². The highest BCUT2D eigenvalue weighted by Crippen LogP contribution is 2.27. The van der Waals surface area contributed by atoms with Gasteiger partial charge in [0.25, 0.3) is 0 Å². The maximum absolute atomic E-state index is 11.9. The fraction of sp³-hybridized carbons (Fsp3) is 0.500. The van der Waals surface area contributed by atoms with Crippen LogP contribution in [0.1, 0.15) is 31.9 Å². The third-order valence-corrected chi connectivity index (χ3v) is 4.62. The van der Waals surface area contributed by atoms with Gasteiger partial charge in [0, 0.05) is 36.1 Å². The van der Waals surface area contributed by atoms with E-state index in [4.69, 9.17) is 20.8 Å². The zero-order valence-electron chi connectivity index (χ0n) is 13.8. The lowest BCUT2D eigenvalue weighted by Crippen LogP contribution is -2.44. The van der Waals surface area contributed by atoms with Crippen LogP contribution in [0.2, 0.25) is 5.02 Å². The summed E-state index contributed by atoms with van der Waals surface area (Å²) in [6.07, 6.45) is 1.20. The Morgan fingerprint density at radius 2 is 1.87 bits per heavy atom. The van der Waals surface area contributed by atoms with Crippen LogP contribution in [0.15, 0.2) is 27.4 Å². The summed E-state index contributed by atoms with van der Waals surface area (Å²) < 4.78 is 11.1. The van der Waals surface area contributed by atoms with Gasteiger partial charge < -0.3 is 9.15 Å². The molecule has 5 heteroatoms. The molecule has 0 saturated carbocycles. The number of rotatable bonds is 3. The molecule has 1 aromatic carbocycles. The van der Waals surface area contributed by atoms with Crippen LogP contribution in [-0.4, -0.2) is 30.2 Å². The van der Waals surface area contributed by atoms with Gasteiger partial charge in [-0.15, -0.1) is 0 Å². The van der Waals surface area contributed by atoms with Crippen molar-refractivity contribution in [2.24, 2.45) is 0 Å². The second-order valence-corrected chi connectivity index (χ2v) is 6.74. The average molecular weight is 336 g/mol. The highest BCUT2D eigenvalue weighted by atomic mass is 35.5. The molecule has 1 aliphatic heterocycles. The van der Waals surface area contributed by atoms with Gasteiger partial charge in [-0.25, -0.2) is 4.79 Å². The molecule has 1 fully saturated rings. The summed E-state index contributed by atoms with van der Waals surface area (Å²) in [5.74, 6) is 0. The zero-order chi connectivity index (χ0) is 16.6. The molecule has 2 aromatic rings. The Bertz CT molecular complexity index is 761. The van der Waals surface area contributed by atoms with Crippen molar-refractivity contribution in [3.8, 4) is 0 Å². The Labute approximate surface area is 141 Å². The molecular formula is C18H22ClNO3. The zero-order valence-corrected chi connectivity index (χ0v) is 14.5. The maximum atomic E-state index is 11.9. The van der Waals surface area contributed by atoms with Gasteiger partial charge in [-0.05, 0) is 43.5 Å². The van der Waals surface area contributed by atoms with Crippen molar-refractivity contribution >= 4 is 22.6 Å². The van der Waals surface area contributed by atoms with Crippen LogP contribution >= 0.6 is 11.6 Å². The molecule has 0 spiro atoms. The summed E-state index contributed by atoms with van der Waals surface area (Å²) >= 11 is 6.35. The Kier molecular flexibility index (Phi) is 4.76. The van der Waals surface area contributed by atoms with Gasteiger partial charge in [0.05, 0.1) is 12.2 Å². The van der Waals surface area contributed by atoms with Crippen molar-refractivity contribution in [3.05, 3.63) is 44.8 Å². The predicted molar refractivity (Wildman–Crippen MR) is 92.2 cm³/mol. The van der Waals surface area contributed by atoms with Crippen molar-refractivity contribution in [2.45, 2.75) is 45.9 Å². The molecule has 0 bridgehead atoms. The molecule has 0 radical (unpaired) electrons. The molecule has 2 heterocycles. The quantitative estimate of drug-likeness (QED) is 0.803. The summed E-state index contributed by atoms with van der Waals surface area (Å²) in [4.78, 5) is 14.2. The van der Waals surface area contributed by atoms with E-state index in [-0.39, 0.29) is 17.8 Å². The number of hydrogen-bond acceptors (Lipinski definition) is 4. The topological polar surface area (TPSA) is 42.7 Å².